The lowest BCUT2D eigenvalue weighted by Crippen LogP contribution is -2.60. The lowest BCUT2D eigenvalue weighted by atomic mass is 10.0. The van der Waals surface area contributed by atoms with Crippen LogP contribution < -0.4 is 48.3 Å². The molecule has 27 heteroatoms. The van der Waals surface area contributed by atoms with E-state index in [-0.39, 0.29) is 30.9 Å². The van der Waals surface area contributed by atoms with Gasteiger partial charge in [-0.15, -0.1) is 0 Å². The molecule has 8 atom stereocenters. The van der Waals surface area contributed by atoms with Gasteiger partial charge < -0.3 is 78.9 Å². The highest BCUT2D eigenvalue weighted by molar-refractivity contribution is 7.98. The minimum Gasteiger partial charge on any atom is -0.508 e. The van der Waals surface area contributed by atoms with Crippen LogP contribution in [0.25, 0.3) is 0 Å². The fourth-order valence-corrected chi connectivity index (χ4v) is 6.25. The number of nitrogens with one attached hydrogen (secondary N) is 8. The number of hydrogen-bond acceptors (Lipinski definition) is 16. The lowest BCUT2D eigenvalue weighted by molar-refractivity contribution is -0.144. The van der Waals surface area contributed by atoms with Gasteiger partial charge >= 0.3 is 17.9 Å². The molecule has 0 saturated heterocycles. The molecule has 1 aromatic carbocycles. The predicted octanol–water partition coefficient (Wildman–Crippen LogP) is -5.00. The first-order chi connectivity index (χ1) is 31.4. The summed E-state index contributed by atoms with van der Waals surface area (Å²) in [5.41, 5.74) is 6.44. The Labute approximate surface area is 388 Å². The van der Waals surface area contributed by atoms with Crippen molar-refractivity contribution in [3.8, 4) is 5.75 Å². The van der Waals surface area contributed by atoms with Gasteiger partial charge in [0.2, 0.25) is 47.3 Å². The Balaban J connectivity index is 3.03. The molecule has 0 saturated carbocycles. The highest BCUT2D eigenvalue weighted by Gasteiger charge is 2.33. The molecule has 16 N–H and O–H groups in total. The topological polar surface area (TPSA) is 431 Å². The summed E-state index contributed by atoms with van der Waals surface area (Å²) < 4.78 is 0. The molecule has 0 fully saturated rings. The molecule has 1 rings (SSSR count). The van der Waals surface area contributed by atoms with Gasteiger partial charge in [0.05, 0.1) is 32.2 Å². The SMILES string of the molecule is CSCC[C@H](N)C(=O)N[C@@H](Cc1ccc(O)cc1)C(=O)N[C@@H](CO)C(=O)N[C@@H](CO)C(=O)N[C@@H](C)C(=O)N[C@@H](CCC(=O)O)C(=O)NCC(=O)N[C@@H](CC(=O)O)C(=O)N[C@@H](CC(C)C)C(=O)O. The third-order valence-electron chi connectivity index (χ3n) is 9.42. The number of aromatic hydroxyl groups is 1. The fraction of sp³-hybridized carbons (Fsp3) is 0.575. The molecule has 0 aromatic heterocycles. The number of phenols is 1. The van der Waals surface area contributed by atoms with E-state index in [4.69, 9.17) is 5.73 Å². The maximum Gasteiger partial charge on any atom is 0.326 e. The number of thioether (sulfide) groups is 1. The molecule has 67 heavy (non-hydrogen) atoms. The molecule has 0 aliphatic carbocycles. The molecular weight excluding hydrogens is 911 g/mol. The Hall–Kier alpha value is -6.58. The van der Waals surface area contributed by atoms with Crippen molar-refractivity contribution in [2.75, 3.05) is 31.8 Å². The zero-order chi connectivity index (χ0) is 51.0. The van der Waals surface area contributed by atoms with Gasteiger partial charge in [0.25, 0.3) is 0 Å². The molecule has 374 valence electrons. The molecule has 26 nitrogen and oxygen atoms in total. The predicted molar refractivity (Wildman–Crippen MR) is 235 cm³/mol. The molecule has 0 spiro atoms. The van der Waals surface area contributed by atoms with Gasteiger partial charge in [-0.05, 0) is 61.8 Å². The van der Waals surface area contributed by atoms with Crippen molar-refractivity contribution >= 4 is 76.9 Å². The van der Waals surface area contributed by atoms with Crippen LogP contribution in [0.2, 0.25) is 0 Å². The number of nitrogens with two attached hydrogens (primary N) is 1. The fourth-order valence-electron chi connectivity index (χ4n) is 5.76. The average Bonchev–Trinajstić information content (AvgIpc) is 3.26. The van der Waals surface area contributed by atoms with Gasteiger partial charge in [0.15, 0.2) is 0 Å². The molecule has 0 aliphatic heterocycles. The number of aliphatic hydroxyl groups is 2. The first kappa shape index (κ1) is 58.4. The summed E-state index contributed by atoms with van der Waals surface area (Å²) in [7, 11) is 0. The third-order valence-corrected chi connectivity index (χ3v) is 10.1. The van der Waals surface area contributed by atoms with Crippen LogP contribution in [-0.4, -0.2) is 176 Å². The molecule has 0 aliphatic rings. The number of rotatable bonds is 31. The minimum atomic E-state index is -1.81. The average molecular weight is 972 g/mol. The summed E-state index contributed by atoms with van der Waals surface area (Å²) >= 11 is 1.44. The Morgan fingerprint density at radius 3 is 1.61 bits per heavy atom. The van der Waals surface area contributed by atoms with E-state index in [0.29, 0.717) is 11.3 Å². The normalized spacial score (nSPS) is 14.5. The van der Waals surface area contributed by atoms with E-state index in [1.807, 2.05) is 6.26 Å². The Kier molecular flexibility index (Phi) is 26.0. The first-order valence-corrected chi connectivity index (χ1v) is 22.1. The van der Waals surface area contributed by atoms with E-state index in [9.17, 15) is 83.4 Å². The number of carbonyl (C=O) groups excluding carboxylic acids is 8. The van der Waals surface area contributed by atoms with Crippen LogP contribution in [0.15, 0.2) is 24.3 Å². The maximum atomic E-state index is 13.4. The van der Waals surface area contributed by atoms with Crippen molar-refractivity contribution in [2.24, 2.45) is 11.7 Å². The van der Waals surface area contributed by atoms with Crippen LogP contribution in [0, 0.1) is 5.92 Å². The van der Waals surface area contributed by atoms with E-state index in [0.717, 1.165) is 6.92 Å². The van der Waals surface area contributed by atoms with Gasteiger partial charge in [-0.25, -0.2) is 4.79 Å². The summed E-state index contributed by atoms with van der Waals surface area (Å²) in [4.78, 5) is 139. The third kappa shape index (κ3) is 22.4. The Morgan fingerprint density at radius 1 is 0.597 bits per heavy atom. The van der Waals surface area contributed by atoms with Crippen molar-refractivity contribution in [3.05, 3.63) is 29.8 Å². The van der Waals surface area contributed by atoms with Gasteiger partial charge in [0, 0.05) is 12.8 Å². The molecule has 0 heterocycles. The van der Waals surface area contributed by atoms with E-state index in [1.165, 1.54) is 36.0 Å². The van der Waals surface area contributed by atoms with E-state index < -0.39 is 153 Å². The van der Waals surface area contributed by atoms with Gasteiger partial charge in [-0.3, -0.25) is 47.9 Å². The number of carboxylic acid groups (broad SMARTS) is 3. The summed E-state index contributed by atoms with van der Waals surface area (Å²) in [5.74, 6) is -12.6. The number of carboxylic acids is 3. The van der Waals surface area contributed by atoms with Crippen molar-refractivity contribution < 1.29 is 83.4 Å². The van der Waals surface area contributed by atoms with Gasteiger partial charge in [0.1, 0.15) is 48.0 Å². The molecule has 0 radical (unpaired) electrons. The quantitative estimate of drug-likeness (QED) is 0.0331. The number of amides is 8. The second-order valence-corrected chi connectivity index (χ2v) is 16.5. The second kappa shape index (κ2) is 29.9. The number of hydrogen-bond donors (Lipinski definition) is 15. The molecule has 8 amide bonds. The highest BCUT2D eigenvalue weighted by Crippen LogP contribution is 2.12. The smallest absolute Gasteiger partial charge is 0.326 e. The van der Waals surface area contributed by atoms with Gasteiger partial charge in [-0.2, -0.15) is 11.8 Å². The maximum absolute atomic E-state index is 13.4. The van der Waals surface area contributed by atoms with Gasteiger partial charge in [-0.1, -0.05) is 26.0 Å². The molecule has 1 aromatic rings. The molecular formula is C40H61N9O17S. The highest BCUT2D eigenvalue weighted by atomic mass is 32.2. The summed E-state index contributed by atoms with van der Waals surface area (Å²) in [6.45, 7) is 1.42. The summed E-state index contributed by atoms with van der Waals surface area (Å²) in [6, 6.07) is -6.68. The number of aliphatic hydroxyl groups excluding tert-OH is 2. The number of benzene rings is 1. The lowest BCUT2D eigenvalue weighted by Gasteiger charge is -2.25. The van der Waals surface area contributed by atoms with Crippen molar-refractivity contribution in [1.82, 2.24) is 42.5 Å². The van der Waals surface area contributed by atoms with Crippen molar-refractivity contribution in [3.63, 3.8) is 0 Å². The zero-order valence-corrected chi connectivity index (χ0v) is 38.1. The largest absolute Gasteiger partial charge is 0.508 e. The van der Waals surface area contributed by atoms with Crippen LogP contribution in [0.3, 0.4) is 0 Å². The minimum absolute atomic E-state index is 0.0215. The zero-order valence-electron chi connectivity index (χ0n) is 37.2. The van der Waals surface area contributed by atoms with Crippen LogP contribution >= 0.6 is 11.8 Å². The summed E-state index contributed by atoms with van der Waals surface area (Å²) in [5, 5.41) is 75.2. The van der Waals surface area contributed by atoms with Crippen LogP contribution in [0.5, 0.6) is 5.75 Å². The van der Waals surface area contributed by atoms with E-state index in [2.05, 4.69) is 42.5 Å². The van der Waals surface area contributed by atoms with E-state index >= 15 is 0 Å². The monoisotopic (exact) mass is 971 g/mol. The number of carbonyl (C=O) groups is 11. The molecule has 0 unspecified atom stereocenters. The first-order valence-electron chi connectivity index (χ1n) is 20.7. The standard InChI is InChI=1S/C40H61N9O17S/c1-19(2)13-27(40(65)66)47-37(62)26(15-32(56)57)44-30(53)16-42-35(60)24(9-10-31(54)55)45-33(58)20(3)43-38(63)28(17-50)49-39(64)29(18-51)48-36(61)25(14-21-5-7-22(52)8-6-21)46-34(59)23(41)11-12-67-4/h5-8,19-20,23-29,50-52H,9-18,41H2,1-4H3,(H,42,60)(H,43,63)(H,44,53)(H,45,58)(H,46,59)(H,47,62)(H,48,61)(H,49,64)(H,54,55)(H,56,57)(H,65,66)/t20-,23-,24-,25-,26-,27-,28-,29-/m0/s1. The Bertz CT molecular complexity index is 1910. The Morgan fingerprint density at radius 2 is 1.10 bits per heavy atom. The van der Waals surface area contributed by atoms with Crippen LogP contribution in [-0.2, 0) is 59.2 Å². The molecule has 0 bridgehead atoms. The number of phenolic OH excluding ortho intramolecular Hbond substituents is 1. The second-order valence-electron chi connectivity index (χ2n) is 15.5. The van der Waals surface area contributed by atoms with Crippen molar-refractivity contribution in [1.29, 1.82) is 0 Å². The van der Waals surface area contributed by atoms with Crippen LogP contribution in [0.1, 0.15) is 58.4 Å². The summed E-state index contributed by atoms with van der Waals surface area (Å²) in [6.07, 6.45) is -0.302. The van der Waals surface area contributed by atoms with Crippen molar-refractivity contribution in [2.45, 2.75) is 108 Å². The van der Waals surface area contributed by atoms with E-state index in [1.54, 1.807) is 13.8 Å². The number of aliphatic carboxylic acids is 3. The van der Waals surface area contributed by atoms with Crippen LogP contribution in [0.4, 0.5) is 0 Å².